The summed E-state index contributed by atoms with van der Waals surface area (Å²) in [4.78, 5) is 28.5. The minimum Gasteiger partial charge on any atom is -0.446 e. The number of hydrogen-bond donors (Lipinski definition) is 1. The van der Waals surface area contributed by atoms with Gasteiger partial charge in [-0.25, -0.2) is 14.8 Å². The highest BCUT2D eigenvalue weighted by atomic mass is 16.6. The van der Waals surface area contributed by atoms with E-state index < -0.39 is 0 Å². The molecule has 0 spiro atoms. The summed E-state index contributed by atoms with van der Waals surface area (Å²) in [5.41, 5.74) is 3.84. The summed E-state index contributed by atoms with van der Waals surface area (Å²) in [6, 6.07) is 4.14. The van der Waals surface area contributed by atoms with Crippen molar-refractivity contribution in [3.05, 3.63) is 30.9 Å². The molecule has 1 amide bonds. The molecular formula is C19H22N6O2. The quantitative estimate of drug-likeness (QED) is 0.770. The highest BCUT2D eigenvalue weighted by Gasteiger charge is 2.30. The molecule has 1 aliphatic heterocycles. The summed E-state index contributed by atoms with van der Waals surface area (Å²) >= 11 is 0. The van der Waals surface area contributed by atoms with Crippen LogP contribution < -0.4 is 4.90 Å². The molecule has 140 valence electrons. The van der Waals surface area contributed by atoms with Crippen molar-refractivity contribution in [2.45, 2.75) is 18.9 Å². The first-order chi connectivity index (χ1) is 13.2. The first-order valence-electron chi connectivity index (χ1n) is 9.34. The fraction of sp³-hybridized carbons (Fsp3) is 0.421. The third-order valence-electron chi connectivity index (χ3n) is 5.16. The van der Waals surface area contributed by atoms with E-state index >= 15 is 0 Å². The van der Waals surface area contributed by atoms with E-state index in [4.69, 9.17) is 4.74 Å². The van der Waals surface area contributed by atoms with Gasteiger partial charge in [0.05, 0.1) is 12.0 Å². The van der Waals surface area contributed by atoms with Crippen molar-refractivity contribution in [2.24, 2.45) is 7.05 Å². The lowest BCUT2D eigenvalue weighted by Crippen LogP contribution is -2.49. The standard InChI is InChI=1S/C19H22N6O2/c1-23-11-16(21-12-23)15-10-14-17(4-5-20-18(14)22-15)24-6-8-25(9-7-24)19(26)27-13-2-3-13/h4-5,10-13H,2-3,6-9H2,1H3,(H,20,22). The molecule has 0 unspecified atom stereocenters. The number of rotatable bonds is 3. The average Bonchev–Trinajstić information content (AvgIpc) is 3.21. The number of anilines is 1. The molecule has 4 heterocycles. The third kappa shape index (κ3) is 3.11. The van der Waals surface area contributed by atoms with E-state index in [1.165, 1.54) is 0 Å². The smallest absolute Gasteiger partial charge is 0.410 e. The van der Waals surface area contributed by atoms with E-state index in [0.717, 1.165) is 54.0 Å². The largest absolute Gasteiger partial charge is 0.446 e. The lowest BCUT2D eigenvalue weighted by Gasteiger charge is -2.35. The van der Waals surface area contributed by atoms with E-state index in [-0.39, 0.29) is 12.2 Å². The van der Waals surface area contributed by atoms with Gasteiger partial charge in [0.2, 0.25) is 0 Å². The number of aromatic nitrogens is 4. The van der Waals surface area contributed by atoms with Gasteiger partial charge in [0.1, 0.15) is 17.4 Å². The zero-order valence-corrected chi connectivity index (χ0v) is 15.3. The number of nitrogens with one attached hydrogen (secondary N) is 1. The highest BCUT2D eigenvalue weighted by Crippen LogP contribution is 2.30. The summed E-state index contributed by atoms with van der Waals surface area (Å²) in [5.74, 6) is 0. The molecular weight excluding hydrogens is 344 g/mol. The fourth-order valence-electron chi connectivity index (χ4n) is 3.51. The molecule has 2 fully saturated rings. The number of H-pyrrole nitrogens is 1. The molecule has 3 aromatic rings. The number of ether oxygens (including phenoxy) is 1. The van der Waals surface area contributed by atoms with E-state index in [9.17, 15) is 4.79 Å². The first kappa shape index (κ1) is 16.2. The van der Waals surface area contributed by atoms with E-state index in [0.29, 0.717) is 13.1 Å². The maximum Gasteiger partial charge on any atom is 0.410 e. The predicted molar refractivity (Wildman–Crippen MR) is 102 cm³/mol. The maximum absolute atomic E-state index is 12.1. The van der Waals surface area contributed by atoms with E-state index in [1.807, 2.05) is 35.0 Å². The van der Waals surface area contributed by atoms with Crippen molar-refractivity contribution >= 4 is 22.8 Å². The Morgan fingerprint density at radius 3 is 2.74 bits per heavy atom. The van der Waals surface area contributed by atoms with Crippen LogP contribution in [-0.4, -0.2) is 62.8 Å². The van der Waals surface area contributed by atoms with Gasteiger partial charge in [-0.05, 0) is 25.0 Å². The Kier molecular flexibility index (Phi) is 3.77. The number of aryl methyl sites for hydroxylation is 1. The van der Waals surface area contributed by atoms with Crippen LogP contribution in [0.2, 0.25) is 0 Å². The van der Waals surface area contributed by atoms with Crippen molar-refractivity contribution in [3.63, 3.8) is 0 Å². The Labute approximate surface area is 156 Å². The minimum atomic E-state index is -0.170. The Morgan fingerprint density at radius 2 is 2.04 bits per heavy atom. The predicted octanol–water partition coefficient (Wildman–Crippen LogP) is 2.38. The number of nitrogens with zero attached hydrogens (tertiary/aromatic N) is 5. The molecule has 0 atom stereocenters. The van der Waals surface area contributed by atoms with Gasteiger partial charge in [-0.3, -0.25) is 0 Å². The number of imidazole rings is 1. The number of pyridine rings is 1. The van der Waals surface area contributed by atoms with Gasteiger partial charge in [0.15, 0.2) is 0 Å². The summed E-state index contributed by atoms with van der Waals surface area (Å²) < 4.78 is 7.34. The van der Waals surface area contributed by atoms with Crippen molar-refractivity contribution in [1.82, 2.24) is 24.4 Å². The highest BCUT2D eigenvalue weighted by molar-refractivity contribution is 5.93. The molecule has 1 saturated heterocycles. The van der Waals surface area contributed by atoms with E-state index in [1.54, 1.807) is 6.33 Å². The van der Waals surface area contributed by atoms with Crippen molar-refractivity contribution in [1.29, 1.82) is 0 Å². The number of carbonyl (C=O) groups excluding carboxylic acids is 1. The number of piperazine rings is 1. The summed E-state index contributed by atoms with van der Waals surface area (Å²) in [6.07, 6.45) is 7.59. The lowest BCUT2D eigenvalue weighted by atomic mass is 10.2. The zero-order chi connectivity index (χ0) is 18.4. The molecule has 8 heteroatoms. The Bertz CT molecular complexity index is 981. The van der Waals surface area contributed by atoms with Gasteiger partial charge in [0.25, 0.3) is 0 Å². The number of aromatic amines is 1. The van der Waals surface area contributed by atoms with Crippen LogP contribution in [0.15, 0.2) is 30.9 Å². The van der Waals surface area contributed by atoms with Gasteiger partial charge in [-0.1, -0.05) is 0 Å². The lowest BCUT2D eigenvalue weighted by molar-refractivity contribution is 0.0939. The topological polar surface area (TPSA) is 79.3 Å². The Morgan fingerprint density at radius 1 is 1.22 bits per heavy atom. The maximum atomic E-state index is 12.1. The molecule has 5 rings (SSSR count). The second-order valence-corrected chi connectivity index (χ2v) is 7.26. The zero-order valence-electron chi connectivity index (χ0n) is 15.3. The summed E-state index contributed by atoms with van der Waals surface area (Å²) in [6.45, 7) is 2.91. The van der Waals surface area contributed by atoms with Crippen LogP contribution in [-0.2, 0) is 11.8 Å². The van der Waals surface area contributed by atoms with Gasteiger partial charge in [-0.2, -0.15) is 0 Å². The number of fused-ring (bicyclic) bond motifs is 1. The molecule has 1 saturated carbocycles. The average molecular weight is 366 g/mol. The van der Waals surface area contributed by atoms with Crippen LogP contribution in [0.25, 0.3) is 22.4 Å². The molecule has 3 aromatic heterocycles. The van der Waals surface area contributed by atoms with Crippen LogP contribution in [0.5, 0.6) is 0 Å². The van der Waals surface area contributed by atoms with Crippen molar-refractivity contribution in [3.8, 4) is 11.4 Å². The fourth-order valence-corrected chi connectivity index (χ4v) is 3.51. The van der Waals surface area contributed by atoms with Crippen LogP contribution in [0, 0.1) is 0 Å². The van der Waals surface area contributed by atoms with E-state index in [2.05, 4.69) is 25.9 Å². The molecule has 1 aliphatic carbocycles. The second-order valence-electron chi connectivity index (χ2n) is 7.26. The first-order valence-corrected chi connectivity index (χ1v) is 9.34. The van der Waals surface area contributed by atoms with Crippen LogP contribution in [0.1, 0.15) is 12.8 Å². The molecule has 0 radical (unpaired) electrons. The molecule has 2 aliphatic rings. The number of carbonyl (C=O) groups is 1. The Balaban J connectivity index is 1.35. The minimum absolute atomic E-state index is 0.153. The molecule has 0 aromatic carbocycles. The molecule has 1 N–H and O–H groups in total. The monoisotopic (exact) mass is 366 g/mol. The van der Waals surface area contributed by atoms with Crippen LogP contribution in [0.4, 0.5) is 10.5 Å². The van der Waals surface area contributed by atoms with Crippen LogP contribution >= 0.6 is 0 Å². The third-order valence-corrected chi connectivity index (χ3v) is 5.16. The van der Waals surface area contributed by atoms with Gasteiger partial charge >= 0.3 is 6.09 Å². The normalized spacial score (nSPS) is 17.5. The molecule has 27 heavy (non-hydrogen) atoms. The Hall–Kier alpha value is -3.03. The van der Waals surface area contributed by atoms with Gasteiger partial charge < -0.3 is 24.1 Å². The number of hydrogen-bond acceptors (Lipinski definition) is 5. The van der Waals surface area contributed by atoms with Crippen molar-refractivity contribution in [2.75, 3.05) is 31.1 Å². The summed E-state index contributed by atoms with van der Waals surface area (Å²) in [5, 5.41) is 1.08. The number of amides is 1. The summed E-state index contributed by atoms with van der Waals surface area (Å²) in [7, 11) is 1.95. The van der Waals surface area contributed by atoms with Crippen molar-refractivity contribution < 1.29 is 9.53 Å². The van der Waals surface area contributed by atoms with Crippen LogP contribution in [0.3, 0.4) is 0 Å². The second kappa shape index (κ2) is 6.29. The molecule has 8 nitrogen and oxygen atoms in total. The SMILES string of the molecule is Cn1cnc(-c2cc3c(N4CCN(C(=O)OC5CC5)CC4)ccnc3[nH]2)c1. The molecule has 0 bridgehead atoms. The van der Waals surface area contributed by atoms with Gasteiger partial charge in [0, 0.05) is 56.7 Å². The van der Waals surface area contributed by atoms with Gasteiger partial charge in [-0.15, -0.1) is 0 Å².